The number of phosphoric acid groups is 1. The van der Waals surface area contributed by atoms with Gasteiger partial charge in [-0.1, -0.05) is 41.9 Å². The van der Waals surface area contributed by atoms with E-state index < -0.39 is 46.3 Å². The third-order valence-corrected chi connectivity index (χ3v) is 16.6. The molecule has 0 spiro atoms. The van der Waals surface area contributed by atoms with E-state index in [-0.39, 0.29) is 33.9 Å². The van der Waals surface area contributed by atoms with Gasteiger partial charge in [0.15, 0.2) is 0 Å². The lowest BCUT2D eigenvalue weighted by atomic mass is 9.96. The summed E-state index contributed by atoms with van der Waals surface area (Å²) in [5.41, 5.74) is 4.34. The van der Waals surface area contributed by atoms with Crippen LogP contribution >= 0.6 is 31.2 Å². The number of sulfonamides is 1. The molecule has 6 aromatic rings. The zero-order valence-electron chi connectivity index (χ0n) is 40.9. The second-order valence-electron chi connectivity index (χ2n) is 18.6. The fraction of sp³-hybridized carbons (Fsp3) is 0.327. The molecule has 0 saturated carbocycles. The molecule has 0 aliphatic carbocycles. The smallest absolute Gasteiger partial charge is 0.469 e. The van der Waals surface area contributed by atoms with Gasteiger partial charge in [0.25, 0.3) is 15.7 Å². The first kappa shape index (κ1) is 54.3. The molecule has 5 aromatic carbocycles. The lowest BCUT2D eigenvalue weighted by molar-refractivity contribution is -0.384. The maximum absolute atomic E-state index is 15.7. The number of aromatic carboxylic acids is 1. The number of anilines is 4. The number of piperazine rings is 1. The molecule has 17 nitrogen and oxygen atoms in total. The summed E-state index contributed by atoms with van der Waals surface area (Å²) in [6.45, 7) is 9.53. The van der Waals surface area contributed by atoms with Gasteiger partial charge >= 0.3 is 13.8 Å². The molecule has 3 heterocycles. The topological polar surface area (TPSA) is 220 Å². The van der Waals surface area contributed by atoms with Crippen LogP contribution in [0.4, 0.5) is 32.8 Å². The number of piperidine rings is 1. The minimum atomic E-state index is -4.59. The number of nitrogens with zero attached hydrogens (tertiary/aromatic N) is 5. The third-order valence-electron chi connectivity index (χ3n) is 13.2. The Hall–Kier alpha value is -5.96. The van der Waals surface area contributed by atoms with Gasteiger partial charge in [0.1, 0.15) is 11.5 Å². The van der Waals surface area contributed by atoms with Crippen molar-refractivity contribution >= 4 is 75.6 Å². The zero-order chi connectivity index (χ0) is 52.9. The van der Waals surface area contributed by atoms with Crippen LogP contribution in [0.15, 0.2) is 125 Å². The average Bonchev–Trinajstić information content (AvgIpc) is 3.68. The monoisotopic (exact) mass is 1090 g/mol. The molecular formula is C52H58ClFN7O10PS2. The van der Waals surface area contributed by atoms with Crippen LogP contribution in [0.2, 0.25) is 5.02 Å². The number of benzene rings is 5. The number of carbonyl (C=O) groups is 1. The maximum atomic E-state index is 15.7. The molecule has 1 aromatic heterocycles. The predicted octanol–water partition coefficient (Wildman–Crippen LogP) is 10.8. The number of nitro benzene ring substituents is 1. The fourth-order valence-electron chi connectivity index (χ4n) is 9.72. The molecule has 0 unspecified atom stereocenters. The molecule has 22 heteroatoms. The largest absolute Gasteiger partial charge is 0.478 e. The van der Waals surface area contributed by atoms with Gasteiger partial charge in [-0.05, 0) is 130 Å². The van der Waals surface area contributed by atoms with E-state index in [0.717, 1.165) is 22.2 Å². The number of hydrogen-bond acceptors (Lipinski definition) is 12. The van der Waals surface area contributed by atoms with Gasteiger partial charge in [0.2, 0.25) is 0 Å². The van der Waals surface area contributed by atoms with Crippen LogP contribution in [0.3, 0.4) is 0 Å². The Bertz CT molecular complexity index is 3130. The molecule has 2 aliphatic heterocycles. The zero-order valence-corrected chi connectivity index (χ0v) is 44.2. The first-order valence-corrected chi connectivity index (χ1v) is 28.5. The second kappa shape index (κ2) is 23.3. The summed E-state index contributed by atoms with van der Waals surface area (Å²) in [6.07, 6.45) is 0.924. The first-order chi connectivity index (χ1) is 35.2. The van der Waals surface area contributed by atoms with Crippen molar-refractivity contribution in [2.45, 2.75) is 68.0 Å². The number of thioether (sulfide) groups is 1. The van der Waals surface area contributed by atoms with Gasteiger partial charge < -0.3 is 39.5 Å². The van der Waals surface area contributed by atoms with Gasteiger partial charge in [-0.15, -0.1) is 11.8 Å². The van der Waals surface area contributed by atoms with Gasteiger partial charge in [-0.2, -0.15) is 0 Å². The minimum Gasteiger partial charge on any atom is -0.478 e. The van der Waals surface area contributed by atoms with Crippen molar-refractivity contribution < 1.29 is 46.5 Å². The van der Waals surface area contributed by atoms with Crippen molar-refractivity contribution in [1.82, 2.24) is 9.47 Å². The Labute approximate surface area is 438 Å². The number of rotatable bonds is 20. The van der Waals surface area contributed by atoms with E-state index >= 15 is 4.39 Å². The fourth-order valence-corrected chi connectivity index (χ4v) is 12.5. The van der Waals surface area contributed by atoms with E-state index in [4.69, 9.17) is 16.1 Å². The Balaban J connectivity index is 0.926. The molecule has 74 heavy (non-hydrogen) atoms. The molecule has 392 valence electrons. The highest BCUT2D eigenvalue weighted by Gasteiger charge is 2.31. The number of hydrogen-bond donors (Lipinski definition) is 5. The van der Waals surface area contributed by atoms with E-state index in [1.807, 2.05) is 71.8 Å². The summed E-state index contributed by atoms with van der Waals surface area (Å²) in [6, 6.07) is 31.7. The minimum absolute atomic E-state index is 0.0983. The van der Waals surface area contributed by atoms with Crippen LogP contribution in [-0.2, 0) is 19.1 Å². The van der Waals surface area contributed by atoms with Crippen LogP contribution in [0, 0.1) is 22.9 Å². The lowest BCUT2D eigenvalue weighted by Crippen LogP contribution is -2.46. The molecular weight excluding hydrogens is 1030 g/mol. The van der Waals surface area contributed by atoms with E-state index in [0.29, 0.717) is 104 Å². The van der Waals surface area contributed by atoms with Crippen LogP contribution in [0.25, 0.3) is 22.4 Å². The Morgan fingerprint density at radius 1 is 0.892 bits per heavy atom. The quantitative estimate of drug-likeness (QED) is 0.0208. The van der Waals surface area contributed by atoms with Crippen LogP contribution in [0.1, 0.15) is 55.2 Å². The molecule has 2 fully saturated rings. The normalized spacial score (nSPS) is 15.4. The summed E-state index contributed by atoms with van der Waals surface area (Å²) in [7, 11) is -8.87. The van der Waals surface area contributed by atoms with Crippen LogP contribution in [-0.4, -0.2) is 107 Å². The number of likely N-dealkylation sites (tertiary alicyclic amines) is 1. The van der Waals surface area contributed by atoms with Gasteiger partial charge in [-0.25, -0.2) is 22.2 Å². The lowest BCUT2D eigenvalue weighted by Gasteiger charge is -2.37. The van der Waals surface area contributed by atoms with Gasteiger partial charge in [0, 0.05) is 108 Å². The Morgan fingerprint density at radius 2 is 1.54 bits per heavy atom. The molecule has 2 saturated heterocycles. The highest BCUT2D eigenvalue weighted by Crippen LogP contribution is 2.43. The standard InChI is InChI=1S/C52H58ClFN7O10PS2/c1-34(2)60-35(3)49(52(62)63)50(51(60)36-9-11-38(53)12-10-36)37-29-39(54)31-43(30-37)59-27-25-58(26-28-59)42-15-13-40(14-16-42)56-74(69,70)46-17-18-47(48(32-46)61(64)65)55-41(33-73-45-7-5-4-6-8-45)19-22-57-23-20-44(21-24-57)71-72(66,67)68/h4-18,29-32,34,41,44,55-56H,19-28,33H2,1-3H3,(H,62,63)(H2,66,67,68)/t41-/m1/s1. The number of phosphoric ester groups is 1. The molecule has 0 radical (unpaired) electrons. The van der Waals surface area contributed by atoms with Gasteiger partial charge in [-0.3, -0.25) is 19.4 Å². The molecule has 5 N–H and O–H groups in total. The van der Waals surface area contributed by atoms with E-state index in [9.17, 15) is 42.8 Å². The third kappa shape index (κ3) is 13.3. The SMILES string of the molecule is Cc1c(C(=O)O)c(-c2cc(F)cc(N3CCN(c4ccc(NS(=O)(=O)c5ccc(N[C@H](CCN6CCC(OP(=O)(O)O)CC6)CSc6ccccc6)c([N+](=O)[O-])c5)cc4)CC3)c2)c(-c2ccc(Cl)cc2)n1C(C)C. The number of nitrogens with one attached hydrogen (secondary N) is 2. The number of carboxylic acid groups (broad SMARTS) is 1. The highest BCUT2D eigenvalue weighted by atomic mass is 35.5. The average molecular weight is 1090 g/mol. The van der Waals surface area contributed by atoms with E-state index in [1.165, 1.54) is 24.3 Å². The van der Waals surface area contributed by atoms with Crippen LogP contribution < -0.4 is 19.8 Å². The number of nitro groups is 1. The number of carboxylic acids is 1. The molecule has 0 bridgehead atoms. The first-order valence-electron chi connectivity index (χ1n) is 24.1. The van der Waals surface area contributed by atoms with Crippen molar-refractivity contribution in [3.8, 4) is 22.4 Å². The summed E-state index contributed by atoms with van der Waals surface area (Å²) in [5.74, 6) is -1.08. The van der Waals surface area contributed by atoms with Gasteiger partial charge in [0.05, 0.1) is 27.2 Å². The molecule has 1 atom stereocenters. The van der Waals surface area contributed by atoms with Crippen LogP contribution in [0.5, 0.6) is 0 Å². The van der Waals surface area contributed by atoms with E-state index in [2.05, 4.69) is 19.8 Å². The van der Waals surface area contributed by atoms with Crippen molar-refractivity contribution in [2.75, 3.05) is 71.4 Å². The summed E-state index contributed by atoms with van der Waals surface area (Å²) >= 11 is 7.81. The summed E-state index contributed by atoms with van der Waals surface area (Å²) in [4.78, 5) is 50.2. The molecule has 8 rings (SSSR count). The number of aromatic nitrogens is 1. The number of halogens is 2. The van der Waals surface area contributed by atoms with Crippen molar-refractivity contribution in [2.24, 2.45) is 0 Å². The Morgan fingerprint density at radius 3 is 2.15 bits per heavy atom. The maximum Gasteiger partial charge on any atom is 0.469 e. The second-order valence-corrected chi connectivity index (χ2v) is 23.0. The van der Waals surface area contributed by atoms with E-state index in [1.54, 1.807) is 55.1 Å². The molecule has 0 amide bonds. The molecule has 2 aliphatic rings. The van der Waals surface area contributed by atoms with Crippen molar-refractivity contribution in [3.05, 3.63) is 147 Å². The Kier molecular flexibility index (Phi) is 17.1. The summed E-state index contributed by atoms with van der Waals surface area (Å²) < 4.78 is 63.9. The van der Waals surface area contributed by atoms with Crippen molar-refractivity contribution in [3.63, 3.8) is 0 Å². The predicted molar refractivity (Wildman–Crippen MR) is 289 cm³/mol. The van der Waals surface area contributed by atoms with Crippen molar-refractivity contribution in [1.29, 1.82) is 0 Å². The summed E-state index contributed by atoms with van der Waals surface area (Å²) in [5, 5.41) is 26.8. The highest BCUT2D eigenvalue weighted by molar-refractivity contribution is 7.99.